The largest absolute Gasteiger partial charge is 0.411 e. The minimum atomic E-state index is -1.46. The molecular weight excluding hydrogens is 284 g/mol. The monoisotopic (exact) mass is 324 g/mol. The van der Waals surface area contributed by atoms with Gasteiger partial charge in [-0.25, -0.2) is 0 Å². The maximum atomic E-state index is 6.74. The van der Waals surface area contributed by atoms with E-state index in [1.807, 2.05) is 0 Å². The molecule has 1 rings (SSSR count). The van der Waals surface area contributed by atoms with E-state index in [9.17, 15) is 0 Å². The van der Waals surface area contributed by atoms with Crippen LogP contribution in [0.2, 0.25) is 18.1 Å². The highest BCUT2D eigenvalue weighted by atomic mass is 28.4. The Morgan fingerprint density at radius 2 is 1.27 bits per heavy atom. The number of rotatable bonds is 5. The second kappa shape index (κ2) is 12.4. The molecule has 0 saturated heterocycles. The molecule has 2 heteroatoms. The van der Waals surface area contributed by atoms with Gasteiger partial charge in [0.2, 0.25) is 0 Å². The van der Waals surface area contributed by atoms with Crippen molar-refractivity contribution in [3.63, 3.8) is 0 Å². The summed E-state index contributed by atoms with van der Waals surface area (Å²) in [5.74, 6) is 0. The predicted octanol–water partition coefficient (Wildman–Crippen LogP) is 7.24. The average Bonchev–Trinajstić information content (AvgIpc) is 2.56. The Labute approximate surface area is 141 Å². The third kappa shape index (κ3) is 7.96. The fourth-order valence-corrected chi connectivity index (χ4v) is 6.45. The minimum Gasteiger partial charge on any atom is -0.411 e. The zero-order valence-corrected chi connectivity index (χ0v) is 16.5. The van der Waals surface area contributed by atoms with Gasteiger partial charge >= 0.3 is 0 Å². The highest BCUT2D eigenvalue weighted by Crippen LogP contribution is 2.26. The van der Waals surface area contributed by atoms with Crippen molar-refractivity contribution in [1.82, 2.24) is 0 Å². The van der Waals surface area contributed by atoms with Crippen LogP contribution >= 0.6 is 0 Å². The van der Waals surface area contributed by atoms with Crippen molar-refractivity contribution in [2.75, 3.05) is 0 Å². The molecule has 0 heterocycles. The van der Waals surface area contributed by atoms with Gasteiger partial charge in [0.1, 0.15) is 0 Å². The lowest BCUT2D eigenvalue weighted by Gasteiger charge is -2.32. The molecule has 0 radical (unpaired) electrons. The van der Waals surface area contributed by atoms with Gasteiger partial charge in [-0.3, -0.25) is 0 Å². The fraction of sp³-hybridized carbons (Fsp3) is 0.900. The molecule has 1 atom stereocenters. The smallest absolute Gasteiger partial charge is 0.192 e. The lowest BCUT2D eigenvalue weighted by Crippen LogP contribution is -2.39. The van der Waals surface area contributed by atoms with E-state index in [2.05, 4.69) is 32.9 Å². The van der Waals surface area contributed by atoms with Crippen molar-refractivity contribution in [2.24, 2.45) is 0 Å². The summed E-state index contributed by atoms with van der Waals surface area (Å²) in [6.07, 6.45) is 20.4. The fourth-order valence-electron chi connectivity index (χ4n) is 3.61. The van der Waals surface area contributed by atoms with Crippen LogP contribution in [0.3, 0.4) is 0 Å². The SMILES string of the molecule is CC[Si](CC)(CC)OC1/C=C\CCCCCCCCCCC1. The van der Waals surface area contributed by atoms with E-state index >= 15 is 0 Å². The highest BCUT2D eigenvalue weighted by Gasteiger charge is 2.31. The van der Waals surface area contributed by atoms with E-state index in [4.69, 9.17) is 4.43 Å². The molecule has 0 fully saturated rings. The number of hydrogen-bond acceptors (Lipinski definition) is 1. The van der Waals surface area contributed by atoms with Crippen molar-refractivity contribution in [3.8, 4) is 0 Å². The summed E-state index contributed by atoms with van der Waals surface area (Å²) in [5.41, 5.74) is 0. The molecule has 1 unspecified atom stereocenters. The van der Waals surface area contributed by atoms with Gasteiger partial charge in [-0.15, -0.1) is 0 Å². The quantitative estimate of drug-likeness (QED) is 0.382. The summed E-state index contributed by atoms with van der Waals surface area (Å²) in [4.78, 5) is 0. The van der Waals surface area contributed by atoms with Gasteiger partial charge in [-0.05, 0) is 37.4 Å². The van der Waals surface area contributed by atoms with E-state index < -0.39 is 8.32 Å². The van der Waals surface area contributed by atoms with Crippen LogP contribution in [0, 0.1) is 0 Å². The Kier molecular flexibility index (Phi) is 11.2. The third-order valence-electron chi connectivity index (χ3n) is 5.54. The van der Waals surface area contributed by atoms with Crippen molar-refractivity contribution >= 4 is 8.32 Å². The predicted molar refractivity (Wildman–Crippen MR) is 102 cm³/mol. The molecule has 0 saturated carbocycles. The van der Waals surface area contributed by atoms with Gasteiger partial charge < -0.3 is 4.43 Å². The lowest BCUT2D eigenvalue weighted by molar-refractivity contribution is 0.217. The Hall–Kier alpha value is -0.0831. The molecule has 0 aromatic rings. The first-order valence-corrected chi connectivity index (χ1v) is 12.6. The molecule has 130 valence electrons. The summed E-state index contributed by atoms with van der Waals surface area (Å²) in [7, 11) is -1.46. The Morgan fingerprint density at radius 3 is 1.82 bits per heavy atom. The summed E-state index contributed by atoms with van der Waals surface area (Å²) < 4.78 is 6.74. The van der Waals surface area contributed by atoms with Gasteiger partial charge in [0.25, 0.3) is 0 Å². The van der Waals surface area contributed by atoms with E-state index in [0.29, 0.717) is 6.10 Å². The van der Waals surface area contributed by atoms with Crippen molar-refractivity contribution in [2.45, 2.75) is 116 Å². The first-order valence-electron chi connectivity index (χ1n) is 10.1. The maximum absolute atomic E-state index is 6.74. The molecule has 0 aromatic carbocycles. The minimum absolute atomic E-state index is 0.398. The second-order valence-electron chi connectivity index (χ2n) is 7.09. The third-order valence-corrected chi connectivity index (χ3v) is 10.2. The van der Waals surface area contributed by atoms with E-state index in [1.54, 1.807) is 0 Å². The van der Waals surface area contributed by atoms with Gasteiger partial charge in [-0.1, -0.05) is 84.3 Å². The Bertz CT molecular complexity index is 275. The lowest BCUT2D eigenvalue weighted by atomic mass is 10.0. The van der Waals surface area contributed by atoms with Crippen LogP contribution in [0.1, 0.15) is 91.4 Å². The average molecular weight is 325 g/mol. The first kappa shape index (κ1) is 20.0. The Balaban J connectivity index is 2.57. The van der Waals surface area contributed by atoms with Crippen LogP contribution in [0.25, 0.3) is 0 Å². The van der Waals surface area contributed by atoms with E-state index in [1.165, 1.54) is 88.8 Å². The zero-order chi connectivity index (χ0) is 16.1. The molecule has 0 aromatic heterocycles. The molecule has 1 aliphatic carbocycles. The maximum Gasteiger partial charge on any atom is 0.192 e. The topological polar surface area (TPSA) is 9.23 Å². The first-order chi connectivity index (χ1) is 10.8. The van der Waals surface area contributed by atoms with E-state index in [0.717, 1.165) is 0 Å². The van der Waals surface area contributed by atoms with Crippen molar-refractivity contribution < 1.29 is 4.43 Å². The number of hydrogen-bond donors (Lipinski definition) is 0. The van der Waals surface area contributed by atoms with Crippen LogP contribution in [-0.4, -0.2) is 14.4 Å². The van der Waals surface area contributed by atoms with Gasteiger partial charge in [-0.2, -0.15) is 0 Å². The summed E-state index contributed by atoms with van der Waals surface area (Å²) >= 11 is 0. The number of allylic oxidation sites excluding steroid dienone is 1. The summed E-state index contributed by atoms with van der Waals surface area (Å²) in [6.45, 7) is 7.02. The highest BCUT2D eigenvalue weighted by molar-refractivity contribution is 6.73. The standard InChI is InChI=1S/C20H40OSi/c1-4-22(5-2,6-3)21-20-18-16-14-12-10-8-7-9-11-13-15-17-19-20/h16,18,20H,4-15,17,19H2,1-3H3/b18-16-. The zero-order valence-electron chi connectivity index (χ0n) is 15.5. The molecule has 0 N–H and O–H groups in total. The van der Waals surface area contributed by atoms with Crippen LogP contribution in [-0.2, 0) is 4.43 Å². The van der Waals surface area contributed by atoms with Crippen LogP contribution in [0.15, 0.2) is 12.2 Å². The van der Waals surface area contributed by atoms with Crippen molar-refractivity contribution in [3.05, 3.63) is 12.2 Å². The van der Waals surface area contributed by atoms with Crippen LogP contribution in [0.4, 0.5) is 0 Å². The molecule has 0 amide bonds. The Morgan fingerprint density at radius 1 is 0.773 bits per heavy atom. The molecule has 0 spiro atoms. The van der Waals surface area contributed by atoms with Crippen molar-refractivity contribution in [1.29, 1.82) is 0 Å². The summed E-state index contributed by atoms with van der Waals surface area (Å²) in [5, 5.41) is 0. The molecule has 1 nitrogen and oxygen atoms in total. The van der Waals surface area contributed by atoms with Crippen LogP contribution < -0.4 is 0 Å². The molecule has 0 bridgehead atoms. The van der Waals surface area contributed by atoms with Gasteiger partial charge in [0, 0.05) is 0 Å². The van der Waals surface area contributed by atoms with E-state index in [-0.39, 0.29) is 0 Å². The molecular formula is C20H40OSi. The molecule has 22 heavy (non-hydrogen) atoms. The van der Waals surface area contributed by atoms with Gasteiger partial charge in [0.05, 0.1) is 6.10 Å². The molecule has 1 aliphatic rings. The molecule has 0 aliphatic heterocycles. The second-order valence-corrected chi connectivity index (χ2v) is 11.8. The summed E-state index contributed by atoms with van der Waals surface area (Å²) in [6, 6.07) is 3.80. The van der Waals surface area contributed by atoms with Gasteiger partial charge in [0.15, 0.2) is 8.32 Å². The normalized spacial score (nSPS) is 24.6. The van der Waals surface area contributed by atoms with Crippen LogP contribution in [0.5, 0.6) is 0 Å².